The predicted molar refractivity (Wildman–Crippen MR) is 94.6 cm³/mol. The number of carbonyl (C=O) groups excluding carboxylic acids is 3. The van der Waals surface area contributed by atoms with Gasteiger partial charge in [0.05, 0.1) is 11.1 Å². The molecule has 0 saturated heterocycles. The number of hydrogen-bond acceptors (Lipinski definition) is 4. The molecule has 2 aromatic rings. The van der Waals surface area contributed by atoms with Gasteiger partial charge in [0.15, 0.2) is 0 Å². The molecule has 6 nitrogen and oxygen atoms in total. The average Bonchev–Trinajstić information content (AvgIpc) is 2.85. The minimum Gasteiger partial charge on any atom is -0.385 e. The molecular formula is C19H19N3O3. The fourth-order valence-corrected chi connectivity index (χ4v) is 2.87. The van der Waals surface area contributed by atoms with Crippen molar-refractivity contribution < 1.29 is 14.4 Å². The molecule has 0 unspecified atom stereocenters. The minimum absolute atomic E-state index is 0.243. The Hall–Kier alpha value is -3.15. The van der Waals surface area contributed by atoms with Crippen LogP contribution in [-0.4, -0.2) is 35.7 Å². The largest absolute Gasteiger partial charge is 0.385 e. The molecule has 3 N–H and O–H groups in total. The second-order valence-electron chi connectivity index (χ2n) is 5.98. The van der Waals surface area contributed by atoms with E-state index in [-0.39, 0.29) is 11.8 Å². The number of nitrogens with zero attached hydrogens (tertiary/aromatic N) is 1. The zero-order valence-electron chi connectivity index (χ0n) is 13.9. The minimum atomic E-state index is -0.478. The highest BCUT2D eigenvalue weighted by Crippen LogP contribution is 2.22. The number of nitrogens with one attached hydrogen (secondary N) is 1. The number of anilines is 1. The van der Waals surface area contributed by atoms with Crippen LogP contribution in [0.15, 0.2) is 42.5 Å². The standard InChI is InChI=1S/C19H19N3O3/c1-12-7-8-13(17(20)23)11-16(12)21-9-4-10-22-18(24)14-5-2-3-6-15(14)19(22)25/h2-3,5-8,11,21H,4,9-10H2,1H3,(H2,20,23). The molecular weight excluding hydrogens is 318 g/mol. The maximum absolute atomic E-state index is 12.3. The van der Waals surface area contributed by atoms with Gasteiger partial charge in [-0.2, -0.15) is 0 Å². The number of rotatable bonds is 6. The van der Waals surface area contributed by atoms with Crippen molar-refractivity contribution in [3.63, 3.8) is 0 Å². The van der Waals surface area contributed by atoms with Crippen LogP contribution in [0.3, 0.4) is 0 Å². The van der Waals surface area contributed by atoms with Crippen LogP contribution in [-0.2, 0) is 0 Å². The third-order valence-electron chi connectivity index (χ3n) is 4.27. The van der Waals surface area contributed by atoms with E-state index in [1.54, 1.807) is 36.4 Å². The van der Waals surface area contributed by atoms with Gasteiger partial charge < -0.3 is 11.1 Å². The molecule has 128 valence electrons. The molecule has 3 rings (SSSR count). The molecule has 0 aliphatic carbocycles. The van der Waals surface area contributed by atoms with E-state index in [2.05, 4.69) is 5.32 Å². The number of primary amides is 1. The summed E-state index contributed by atoms with van der Waals surface area (Å²) < 4.78 is 0. The first-order valence-corrected chi connectivity index (χ1v) is 8.08. The van der Waals surface area contributed by atoms with Gasteiger partial charge in [0.1, 0.15) is 0 Å². The summed E-state index contributed by atoms with van der Waals surface area (Å²) in [5, 5.41) is 3.23. The smallest absolute Gasteiger partial charge is 0.261 e. The van der Waals surface area contributed by atoms with Crippen LogP contribution < -0.4 is 11.1 Å². The summed E-state index contributed by atoms with van der Waals surface area (Å²) in [6, 6.07) is 12.1. The normalized spacial score (nSPS) is 13.1. The summed E-state index contributed by atoms with van der Waals surface area (Å²) in [6.45, 7) is 2.83. The molecule has 25 heavy (non-hydrogen) atoms. The maximum Gasteiger partial charge on any atom is 0.261 e. The molecule has 0 fully saturated rings. The van der Waals surface area contributed by atoms with Gasteiger partial charge in [-0.05, 0) is 43.2 Å². The highest BCUT2D eigenvalue weighted by atomic mass is 16.2. The molecule has 1 heterocycles. The number of fused-ring (bicyclic) bond motifs is 1. The highest BCUT2D eigenvalue weighted by molar-refractivity contribution is 6.21. The molecule has 6 heteroatoms. The Labute approximate surface area is 145 Å². The second-order valence-corrected chi connectivity index (χ2v) is 5.98. The van der Waals surface area contributed by atoms with E-state index in [1.165, 1.54) is 4.90 Å². The zero-order valence-corrected chi connectivity index (χ0v) is 13.9. The van der Waals surface area contributed by atoms with Crippen molar-refractivity contribution in [2.75, 3.05) is 18.4 Å². The first-order chi connectivity index (χ1) is 12.0. The van der Waals surface area contributed by atoms with Crippen LogP contribution in [0.1, 0.15) is 43.1 Å². The van der Waals surface area contributed by atoms with E-state index in [0.29, 0.717) is 36.2 Å². The Balaban J connectivity index is 1.58. The molecule has 2 aromatic carbocycles. The van der Waals surface area contributed by atoms with Crippen molar-refractivity contribution in [3.8, 4) is 0 Å². The Kier molecular flexibility index (Phi) is 4.52. The van der Waals surface area contributed by atoms with E-state index >= 15 is 0 Å². The van der Waals surface area contributed by atoms with Gasteiger partial charge in [0.25, 0.3) is 11.8 Å². The Morgan fingerprint density at radius 2 is 1.72 bits per heavy atom. The summed E-state index contributed by atoms with van der Waals surface area (Å²) in [7, 11) is 0. The van der Waals surface area contributed by atoms with Crippen molar-refractivity contribution in [3.05, 3.63) is 64.7 Å². The summed E-state index contributed by atoms with van der Waals surface area (Å²) in [5.41, 5.74) is 8.47. The second kappa shape index (κ2) is 6.76. The molecule has 1 aliphatic heterocycles. The topological polar surface area (TPSA) is 92.5 Å². The monoisotopic (exact) mass is 337 g/mol. The van der Waals surface area contributed by atoms with Crippen molar-refractivity contribution in [2.45, 2.75) is 13.3 Å². The van der Waals surface area contributed by atoms with E-state index in [0.717, 1.165) is 11.3 Å². The lowest BCUT2D eigenvalue weighted by atomic mass is 10.1. The molecule has 0 bridgehead atoms. The van der Waals surface area contributed by atoms with Gasteiger partial charge in [0, 0.05) is 24.3 Å². The van der Waals surface area contributed by atoms with Gasteiger partial charge in [-0.1, -0.05) is 18.2 Å². The van der Waals surface area contributed by atoms with Crippen molar-refractivity contribution in [2.24, 2.45) is 5.73 Å². The van der Waals surface area contributed by atoms with E-state index < -0.39 is 5.91 Å². The summed E-state index contributed by atoms with van der Waals surface area (Å²) >= 11 is 0. The van der Waals surface area contributed by atoms with Gasteiger partial charge in [-0.15, -0.1) is 0 Å². The summed E-state index contributed by atoms with van der Waals surface area (Å²) in [6.07, 6.45) is 0.603. The van der Waals surface area contributed by atoms with Crippen LogP contribution in [0, 0.1) is 6.92 Å². The van der Waals surface area contributed by atoms with E-state index in [4.69, 9.17) is 5.73 Å². The number of aryl methyl sites for hydroxylation is 1. The SMILES string of the molecule is Cc1ccc(C(N)=O)cc1NCCCN1C(=O)c2ccccc2C1=O. The number of imide groups is 1. The molecule has 0 radical (unpaired) electrons. The van der Waals surface area contributed by atoms with Crippen LogP contribution >= 0.6 is 0 Å². The van der Waals surface area contributed by atoms with E-state index in [1.807, 2.05) is 13.0 Å². The van der Waals surface area contributed by atoms with E-state index in [9.17, 15) is 14.4 Å². The fourth-order valence-electron chi connectivity index (χ4n) is 2.87. The molecule has 0 saturated carbocycles. The molecule has 0 aromatic heterocycles. The maximum atomic E-state index is 12.3. The average molecular weight is 337 g/mol. The third-order valence-corrected chi connectivity index (χ3v) is 4.27. The number of nitrogens with two attached hydrogens (primary N) is 1. The Morgan fingerprint density at radius 1 is 1.08 bits per heavy atom. The zero-order chi connectivity index (χ0) is 18.0. The molecule has 3 amide bonds. The van der Waals surface area contributed by atoms with Crippen LogP contribution in [0.25, 0.3) is 0 Å². The lowest BCUT2D eigenvalue weighted by Gasteiger charge is -2.15. The molecule has 1 aliphatic rings. The summed E-state index contributed by atoms with van der Waals surface area (Å²) in [4.78, 5) is 37.1. The van der Waals surface area contributed by atoms with Gasteiger partial charge >= 0.3 is 0 Å². The summed E-state index contributed by atoms with van der Waals surface area (Å²) in [5.74, 6) is -0.964. The number of benzene rings is 2. The van der Waals surface area contributed by atoms with Crippen molar-refractivity contribution in [1.29, 1.82) is 0 Å². The van der Waals surface area contributed by atoms with Crippen LogP contribution in [0.5, 0.6) is 0 Å². The first-order valence-electron chi connectivity index (χ1n) is 8.08. The molecule has 0 spiro atoms. The first kappa shape index (κ1) is 16.7. The van der Waals surface area contributed by atoms with Gasteiger partial charge in [-0.25, -0.2) is 0 Å². The number of hydrogen-bond donors (Lipinski definition) is 2. The quantitative estimate of drug-likeness (QED) is 0.624. The molecule has 0 atom stereocenters. The predicted octanol–water partition coefficient (Wildman–Crippen LogP) is 2.19. The Morgan fingerprint density at radius 3 is 2.32 bits per heavy atom. The lowest BCUT2D eigenvalue weighted by molar-refractivity contribution is 0.0653. The van der Waals surface area contributed by atoms with Crippen molar-refractivity contribution >= 4 is 23.4 Å². The van der Waals surface area contributed by atoms with Gasteiger partial charge in [0.2, 0.25) is 5.91 Å². The van der Waals surface area contributed by atoms with Crippen molar-refractivity contribution in [1.82, 2.24) is 4.90 Å². The number of carbonyl (C=O) groups is 3. The fraction of sp³-hybridized carbons (Fsp3) is 0.211. The van der Waals surface area contributed by atoms with Gasteiger partial charge in [-0.3, -0.25) is 19.3 Å². The number of amides is 3. The highest BCUT2D eigenvalue weighted by Gasteiger charge is 2.34. The third kappa shape index (κ3) is 3.24. The lowest BCUT2D eigenvalue weighted by Crippen LogP contribution is -2.31. The van der Waals surface area contributed by atoms with Crippen LogP contribution in [0.2, 0.25) is 0 Å². The Bertz CT molecular complexity index is 826. The van der Waals surface area contributed by atoms with Crippen LogP contribution in [0.4, 0.5) is 5.69 Å².